The smallest absolute Gasteiger partial charge is 0.267 e. The fourth-order valence-electron chi connectivity index (χ4n) is 4.13. The predicted octanol–water partition coefficient (Wildman–Crippen LogP) is 2.78. The van der Waals surface area contributed by atoms with Crippen LogP contribution >= 0.6 is 0 Å². The average molecular weight is 485 g/mol. The van der Waals surface area contributed by atoms with Gasteiger partial charge in [-0.1, -0.05) is 12.0 Å². The Balaban J connectivity index is 1.34. The molecule has 184 valence electrons. The zero-order valence-electron chi connectivity index (χ0n) is 20.4. The molecule has 2 aliphatic rings. The maximum absolute atomic E-state index is 12.2. The molecular formula is C26H28N8O2. The fourth-order valence-corrected chi connectivity index (χ4v) is 4.13. The van der Waals surface area contributed by atoms with Crippen LogP contribution in [0.25, 0.3) is 0 Å². The number of piperazine rings is 1. The van der Waals surface area contributed by atoms with Gasteiger partial charge in [0.1, 0.15) is 11.6 Å². The summed E-state index contributed by atoms with van der Waals surface area (Å²) in [6.45, 7) is 6.07. The Morgan fingerprint density at radius 1 is 1.11 bits per heavy atom. The molecule has 2 N–H and O–H groups in total. The van der Waals surface area contributed by atoms with Gasteiger partial charge in [0.15, 0.2) is 18.2 Å². The number of aryl methyl sites for hydroxylation is 1. The van der Waals surface area contributed by atoms with Gasteiger partial charge in [-0.15, -0.1) is 6.42 Å². The molecule has 5 rings (SSSR count). The first-order valence-corrected chi connectivity index (χ1v) is 11.8. The maximum atomic E-state index is 12.2. The van der Waals surface area contributed by atoms with Crippen LogP contribution in [0, 0.1) is 19.3 Å². The fraction of sp³-hybridized carbons (Fsp3) is 0.308. The number of hydrogen-bond donors (Lipinski definition) is 2. The molecule has 4 heterocycles. The highest BCUT2D eigenvalue weighted by Gasteiger charge is 2.26. The first kappa shape index (κ1) is 23.4. The molecule has 1 fully saturated rings. The second-order valence-corrected chi connectivity index (χ2v) is 8.81. The second kappa shape index (κ2) is 10.1. The van der Waals surface area contributed by atoms with Gasteiger partial charge in [-0.3, -0.25) is 9.69 Å². The molecule has 1 aromatic carbocycles. The summed E-state index contributed by atoms with van der Waals surface area (Å²) < 4.78 is 5.49. The average Bonchev–Trinajstić information content (AvgIpc) is 2.88. The summed E-state index contributed by atoms with van der Waals surface area (Å²) in [7, 11) is 2.15. The normalized spacial score (nSPS) is 15.6. The number of hydrogen-bond acceptors (Lipinski definition) is 9. The molecule has 2 aromatic heterocycles. The number of carbonyl (C=O) groups is 1. The standard InChI is InChI=1S/C26H28N8O2/c1-4-10-34-23(35)17-36-21-8-9-22(30-25(21)34)29-24-18(2)16-27-26(31-24)28-19-6-5-7-20(15-19)33-13-11-32(3)12-14-33/h1,5-9,15-16H,10-14,17H2,2-3H3,(H2,27,28,29,30,31). The molecule has 1 amide bonds. The number of nitrogens with zero attached hydrogens (tertiary/aromatic N) is 6. The third kappa shape index (κ3) is 5.01. The lowest BCUT2D eigenvalue weighted by Crippen LogP contribution is -2.44. The monoisotopic (exact) mass is 484 g/mol. The van der Waals surface area contributed by atoms with Gasteiger partial charge < -0.3 is 25.2 Å². The van der Waals surface area contributed by atoms with Gasteiger partial charge in [0.2, 0.25) is 5.95 Å². The molecular weight excluding hydrogens is 456 g/mol. The van der Waals surface area contributed by atoms with Crippen molar-refractivity contribution < 1.29 is 9.53 Å². The van der Waals surface area contributed by atoms with Crippen LogP contribution in [0.1, 0.15) is 5.56 Å². The van der Waals surface area contributed by atoms with E-state index in [-0.39, 0.29) is 19.1 Å². The van der Waals surface area contributed by atoms with Gasteiger partial charge >= 0.3 is 0 Å². The summed E-state index contributed by atoms with van der Waals surface area (Å²) in [6, 6.07) is 11.8. The number of benzene rings is 1. The van der Waals surface area contributed by atoms with Crippen LogP contribution in [-0.2, 0) is 4.79 Å². The van der Waals surface area contributed by atoms with Crippen molar-refractivity contribution in [2.75, 3.05) is 66.8 Å². The van der Waals surface area contributed by atoms with Crippen molar-refractivity contribution in [2.45, 2.75) is 6.92 Å². The Morgan fingerprint density at radius 2 is 1.94 bits per heavy atom. The largest absolute Gasteiger partial charge is 0.480 e. The Morgan fingerprint density at radius 3 is 2.75 bits per heavy atom. The summed E-state index contributed by atoms with van der Waals surface area (Å²) in [5.74, 6) is 4.75. The number of anilines is 6. The topological polar surface area (TPSA) is 98.7 Å². The van der Waals surface area contributed by atoms with E-state index in [1.165, 1.54) is 10.6 Å². The van der Waals surface area contributed by atoms with E-state index < -0.39 is 0 Å². The van der Waals surface area contributed by atoms with E-state index in [1.54, 1.807) is 18.3 Å². The van der Waals surface area contributed by atoms with Crippen LogP contribution in [0.4, 0.5) is 34.8 Å². The molecule has 0 saturated carbocycles. The summed E-state index contributed by atoms with van der Waals surface area (Å²) in [4.78, 5) is 32.1. The molecule has 0 aliphatic carbocycles. The maximum Gasteiger partial charge on any atom is 0.267 e. The molecule has 3 aromatic rings. The van der Waals surface area contributed by atoms with Gasteiger partial charge in [-0.05, 0) is 44.3 Å². The van der Waals surface area contributed by atoms with Crippen molar-refractivity contribution >= 4 is 40.7 Å². The van der Waals surface area contributed by atoms with Crippen molar-refractivity contribution in [2.24, 2.45) is 0 Å². The highest BCUT2D eigenvalue weighted by atomic mass is 16.5. The third-order valence-electron chi connectivity index (χ3n) is 6.19. The van der Waals surface area contributed by atoms with Crippen LogP contribution < -0.4 is 25.2 Å². The van der Waals surface area contributed by atoms with E-state index in [2.05, 4.69) is 60.5 Å². The molecule has 10 nitrogen and oxygen atoms in total. The molecule has 0 unspecified atom stereocenters. The SMILES string of the molecule is C#CCN1C(=O)COc2ccc(Nc3nc(Nc4cccc(N5CCN(C)CC5)c4)ncc3C)nc21. The van der Waals surface area contributed by atoms with Crippen LogP contribution in [0.5, 0.6) is 5.75 Å². The molecule has 0 radical (unpaired) electrons. The van der Waals surface area contributed by atoms with Crippen molar-refractivity contribution in [3.63, 3.8) is 0 Å². The number of terminal acetylenes is 1. The molecule has 0 atom stereocenters. The van der Waals surface area contributed by atoms with E-state index in [4.69, 9.17) is 11.2 Å². The van der Waals surface area contributed by atoms with E-state index in [9.17, 15) is 4.79 Å². The number of fused-ring (bicyclic) bond motifs is 1. The Kier molecular flexibility index (Phi) is 6.56. The van der Waals surface area contributed by atoms with Crippen LogP contribution in [0.15, 0.2) is 42.6 Å². The van der Waals surface area contributed by atoms with Gasteiger partial charge in [-0.25, -0.2) is 9.97 Å². The summed E-state index contributed by atoms with van der Waals surface area (Å²) in [5.41, 5.74) is 2.93. The van der Waals surface area contributed by atoms with Gasteiger partial charge in [-0.2, -0.15) is 4.98 Å². The number of amides is 1. The van der Waals surface area contributed by atoms with Crippen LogP contribution in [0.2, 0.25) is 0 Å². The molecule has 1 saturated heterocycles. The lowest BCUT2D eigenvalue weighted by molar-refractivity contribution is -0.121. The minimum absolute atomic E-state index is 0.0564. The highest BCUT2D eigenvalue weighted by molar-refractivity contribution is 5.97. The molecule has 36 heavy (non-hydrogen) atoms. The van der Waals surface area contributed by atoms with E-state index in [1.807, 2.05) is 19.1 Å². The lowest BCUT2D eigenvalue weighted by atomic mass is 10.2. The minimum Gasteiger partial charge on any atom is -0.480 e. The zero-order chi connectivity index (χ0) is 25.1. The quantitative estimate of drug-likeness (QED) is 0.512. The Bertz CT molecular complexity index is 1310. The first-order chi connectivity index (χ1) is 17.5. The number of rotatable bonds is 6. The summed E-state index contributed by atoms with van der Waals surface area (Å²) in [6.07, 6.45) is 7.19. The van der Waals surface area contributed by atoms with Crippen LogP contribution in [0.3, 0.4) is 0 Å². The molecule has 0 bridgehead atoms. The Labute approximate surface area is 210 Å². The zero-order valence-corrected chi connectivity index (χ0v) is 20.4. The highest BCUT2D eigenvalue weighted by Crippen LogP contribution is 2.32. The predicted molar refractivity (Wildman–Crippen MR) is 140 cm³/mol. The van der Waals surface area contributed by atoms with Gasteiger partial charge in [0.05, 0.1) is 6.54 Å². The number of aromatic nitrogens is 3. The number of ether oxygens (including phenoxy) is 1. The minimum atomic E-state index is -0.228. The Hall–Kier alpha value is -4.36. The molecule has 10 heteroatoms. The second-order valence-electron chi connectivity index (χ2n) is 8.81. The van der Waals surface area contributed by atoms with Gasteiger partial charge in [0, 0.05) is 49.3 Å². The summed E-state index contributed by atoms with van der Waals surface area (Å²) >= 11 is 0. The molecule has 2 aliphatic heterocycles. The van der Waals surface area contributed by atoms with Crippen molar-refractivity contribution in [1.29, 1.82) is 0 Å². The van der Waals surface area contributed by atoms with Crippen LogP contribution in [-0.4, -0.2) is 72.1 Å². The number of pyridine rings is 1. The van der Waals surface area contributed by atoms with E-state index >= 15 is 0 Å². The number of carbonyl (C=O) groups excluding carboxylic acids is 1. The number of likely N-dealkylation sites (N-methyl/N-ethyl adjacent to an activating group) is 1. The molecule has 0 spiro atoms. The van der Waals surface area contributed by atoms with Crippen molar-refractivity contribution in [1.82, 2.24) is 19.9 Å². The van der Waals surface area contributed by atoms with Gasteiger partial charge in [0.25, 0.3) is 5.91 Å². The van der Waals surface area contributed by atoms with E-state index in [0.717, 1.165) is 37.4 Å². The van der Waals surface area contributed by atoms with Crippen molar-refractivity contribution in [3.8, 4) is 18.1 Å². The number of nitrogens with one attached hydrogen (secondary N) is 2. The third-order valence-corrected chi connectivity index (χ3v) is 6.19. The van der Waals surface area contributed by atoms with E-state index in [0.29, 0.717) is 29.2 Å². The lowest BCUT2D eigenvalue weighted by Gasteiger charge is -2.34. The summed E-state index contributed by atoms with van der Waals surface area (Å²) in [5, 5.41) is 6.54. The van der Waals surface area contributed by atoms with Crippen molar-refractivity contribution in [3.05, 3.63) is 48.2 Å². The first-order valence-electron chi connectivity index (χ1n) is 11.8.